The van der Waals surface area contributed by atoms with Crippen LogP contribution in [0.15, 0.2) is 36.4 Å². The summed E-state index contributed by atoms with van der Waals surface area (Å²) in [7, 11) is 0. The van der Waals surface area contributed by atoms with E-state index in [0.29, 0.717) is 19.1 Å². The van der Waals surface area contributed by atoms with Gasteiger partial charge in [-0.3, -0.25) is 14.5 Å². The van der Waals surface area contributed by atoms with E-state index in [-0.39, 0.29) is 11.8 Å². The Morgan fingerprint density at radius 1 is 1.08 bits per heavy atom. The maximum Gasteiger partial charge on any atom is 0.253 e. The van der Waals surface area contributed by atoms with Gasteiger partial charge in [-0.1, -0.05) is 70.9 Å². The fourth-order valence-corrected chi connectivity index (χ4v) is 2.56. The fraction of sp³-hybridized carbons (Fsp3) is 0.476. The lowest BCUT2D eigenvalue weighted by Crippen LogP contribution is -2.55. The van der Waals surface area contributed by atoms with Crippen LogP contribution in [0.3, 0.4) is 0 Å². The van der Waals surface area contributed by atoms with Gasteiger partial charge in [-0.05, 0) is 23.5 Å². The van der Waals surface area contributed by atoms with Crippen LogP contribution in [-0.2, 0) is 14.4 Å². The Labute approximate surface area is 156 Å². The highest BCUT2D eigenvalue weighted by atomic mass is 16.2. The van der Waals surface area contributed by atoms with Gasteiger partial charge >= 0.3 is 0 Å². The van der Waals surface area contributed by atoms with Crippen LogP contribution in [0.2, 0.25) is 0 Å². The topological polar surface area (TPSA) is 80.5 Å². The first kappa shape index (κ1) is 21.8. The lowest BCUT2D eigenvalue weighted by Gasteiger charge is -2.32. The Morgan fingerprint density at radius 3 is 2.15 bits per heavy atom. The van der Waals surface area contributed by atoms with Crippen molar-refractivity contribution in [3.63, 3.8) is 0 Å². The van der Waals surface area contributed by atoms with Gasteiger partial charge in [-0.2, -0.15) is 0 Å². The molecule has 0 fully saturated rings. The molecule has 0 heterocycles. The predicted molar refractivity (Wildman–Crippen MR) is 104 cm³/mol. The summed E-state index contributed by atoms with van der Waals surface area (Å²) in [5.41, 5.74) is 6.91. The molecule has 2 amide bonds. The molecule has 5 heteroatoms. The van der Waals surface area contributed by atoms with Crippen molar-refractivity contribution in [2.24, 2.45) is 17.6 Å². The number of nitrogens with zero attached hydrogens (tertiary/aromatic N) is 1. The number of carbonyl (C=O) groups excluding carboxylic acids is 3. The minimum absolute atomic E-state index is 0.0832. The van der Waals surface area contributed by atoms with E-state index < -0.39 is 23.9 Å². The molecule has 0 aliphatic carbocycles. The van der Waals surface area contributed by atoms with Gasteiger partial charge in [-0.15, -0.1) is 0 Å². The molecule has 142 valence electrons. The Hall–Kier alpha value is -2.27. The molecular weight excluding hydrogens is 328 g/mol. The Kier molecular flexibility index (Phi) is 8.93. The molecule has 0 aliphatic rings. The van der Waals surface area contributed by atoms with Gasteiger partial charge in [0.1, 0.15) is 6.29 Å². The smallest absolute Gasteiger partial charge is 0.253 e. The van der Waals surface area contributed by atoms with E-state index in [0.717, 1.165) is 10.5 Å². The molecule has 4 atom stereocenters. The summed E-state index contributed by atoms with van der Waals surface area (Å²) in [5.74, 6) is -1.25. The third-order valence-electron chi connectivity index (χ3n) is 4.90. The minimum Gasteiger partial charge on any atom is -0.320 e. The van der Waals surface area contributed by atoms with Crippen LogP contribution in [0.25, 0.3) is 6.08 Å². The van der Waals surface area contributed by atoms with Crippen LogP contribution in [0.5, 0.6) is 0 Å². The number of amides is 2. The molecule has 1 rings (SSSR count). The van der Waals surface area contributed by atoms with Crippen molar-refractivity contribution in [1.82, 2.24) is 4.90 Å². The quantitative estimate of drug-likeness (QED) is 0.543. The van der Waals surface area contributed by atoms with Crippen molar-refractivity contribution in [3.8, 4) is 0 Å². The molecule has 1 aromatic carbocycles. The second kappa shape index (κ2) is 10.7. The lowest BCUT2D eigenvalue weighted by atomic mass is 9.94. The molecule has 0 bridgehead atoms. The van der Waals surface area contributed by atoms with Crippen molar-refractivity contribution < 1.29 is 14.4 Å². The molecule has 2 N–H and O–H groups in total. The Bertz CT molecular complexity index is 627. The van der Waals surface area contributed by atoms with Crippen molar-refractivity contribution in [2.45, 2.75) is 52.6 Å². The molecule has 0 radical (unpaired) electrons. The van der Waals surface area contributed by atoms with Gasteiger partial charge in [0, 0.05) is 6.08 Å². The molecule has 0 saturated carbocycles. The number of rotatable bonds is 9. The average Bonchev–Trinajstić information content (AvgIpc) is 2.68. The summed E-state index contributed by atoms with van der Waals surface area (Å²) in [6.07, 6.45) is 5.01. The van der Waals surface area contributed by atoms with Crippen LogP contribution in [-0.4, -0.2) is 35.1 Å². The number of carbonyl (C=O) groups is 3. The highest BCUT2D eigenvalue weighted by Gasteiger charge is 2.35. The number of hydrogen-bond acceptors (Lipinski definition) is 4. The largest absolute Gasteiger partial charge is 0.320 e. The number of benzene rings is 1. The Balaban J connectivity index is 3.17. The molecule has 0 aromatic heterocycles. The molecule has 26 heavy (non-hydrogen) atoms. The van der Waals surface area contributed by atoms with E-state index in [9.17, 15) is 14.4 Å². The first-order chi connectivity index (χ1) is 12.4. The molecule has 0 spiro atoms. The third kappa shape index (κ3) is 5.63. The molecule has 5 nitrogen and oxygen atoms in total. The summed E-state index contributed by atoms with van der Waals surface area (Å²) in [5, 5.41) is 0. The van der Waals surface area contributed by atoms with Crippen LogP contribution in [0, 0.1) is 11.8 Å². The maximum absolute atomic E-state index is 12.9. The van der Waals surface area contributed by atoms with E-state index in [1.54, 1.807) is 6.08 Å². The highest BCUT2D eigenvalue weighted by molar-refractivity contribution is 6.06. The number of imide groups is 1. The van der Waals surface area contributed by atoms with E-state index in [2.05, 4.69) is 0 Å². The van der Waals surface area contributed by atoms with Gasteiger partial charge in [0.2, 0.25) is 5.91 Å². The van der Waals surface area contributed by atoms with Crippen LogP contribution in [0.1, 0.15) is 46.1 Å². The third-order valence-corrected chi connectivity index (χ3v) is 4.90. The second-order valence-electron chi connectivity index (χ2n) is 6.71. The fourth-order valence-electron chi connectivity index (χ4n) is 2.56. The maximum atomic E-state index is 12.9. The zero-order chi connectivity index (χ0) is 19.7. The molecule has 1 aromatic rings. The summed E-state index contributed by atoms with van der Waals surface area (Å²) in [4.78, 5) is 38.4. The molecule has 0 aliphatic heterocycles. The molecular formula is C21H30N2O3. The van der Waals surface area contributed by atoms with Crippen LogP contribution >= 0.6 is 0 Å². The highest BCUT2D eigenvalue weighted by Crippen LogP contribution is 2.18. The summed E-state index contributed by atoms with van der Waals surface area (Å²) in [6, 6.07) is 7.67. The number of hydrogen-bond donors (Lipinski definition) is 1. The lowest BCUT2D eigenvalue weighted by molar-refractivity contribution is -0.149. The first-order valence-electron chi connectivity index (χ1n) is 9.18. The normalized spacial score (nSPS) is 15.9. The van der Waals surface area contributed by atoms with E-state index in [1.807, 2.05) is 58.0 Å². The number of nitrogens with two attached hydrogens (primary N) is 1. The number of aldehydes is 1. The van der Waals surface area contributed by atoms with Gasteiger partial charge in [0.05, 0.1) is 12.1 Å². The van der Waals surface area contributed by atoms with Crippen molar-refractivity contribution in [1.29, 1.82) is 0 Å². The second-order valence-corrected chi connectivity index (χ2v) is 6.71. The van der Waals surface area contributed by atoms with Gasteiger partial charge in [0.25, 0.3) is 5.91 Å². The SMILES string of the molecule is CC[C@H](C)[C@H](N)C(=O)N(C(=O)C=Cc1ccccc1)[C@H](C=O)[C@@H](C)CC. The summed E-state index contributed by atoms with van der Waals surface area (Å²) < 4.78 is 0. The van der Waals surface area contributed by atoms with E-state index in [4.69, 9.17) is 5.73 Å². The average molecular weight is 358 g/mol. The van der Waals surface area contributed by atoms with Crippen molar-refractivity contribution in [2.75, 3.05) is 0 Å². The van der Waals surface area contributed by atoms with Crippen LogP contribution in [0.4, 0.5) is 0 Å². The van der Waals surface area contributed by atoms with Gasteiger partial charge in [0.15, 0.2) is 0 Å². The standard InChI is InChI=1S/C21H30N2O3/c1-5-15(3)18(14-24)23(21(26)20(22)16(4)6-2)19(25)13-12-17-10-8-7-9-11-17/h7-16,18,20H,5-6,22H2,1-4H3/t15-,16-,18+,20-/m0/s1. The van der Waals surface area contributed by atoms with Gasteiger partial charge in [-0.25, -0.2) is 0 Å². The Morgan fingerprint density at radius 2 is 1.65 bits per heavy atom. The summed E-state index contributed by atoms with van der Waals surface area (Å²) >= 11 is 0. The zero-order valence-corrected chi connectivity index (χ0v) is 16.1. The van der Waals surface area contributed by atoms with Crippen molar-refractivity contribution >= 4 is 24.2 Å². The molecule has 0 unspecified atom stereocenters. The zero-order valence-electron chi connectivity index (χ0n) is 16.1. The molecule has 0 saturated heterocycles. The van der Waals surface area contributed by atoms with E-state index >= 15 is 0 Å². The monoisotopic (exact) mass is 358 g/mol. The minimum atomic E-state index is -0.824. The van der Waals surface area contributed by atoms with E-state index in [1.165, 1.54) is 6.08 Å². The van der Waals surface area contributed by atoms with Gasteiger partial charge < -0.3 is 10.5 Å². The van der Waals surface area contributed by atoms with Crippen LogP contribution < -0.4 is 5.73 Å². The first-order valence-corrected chi connectivity index (χ1v) is 9.18. The van der Waals surface area contributed by atoms with Crippen molar-refractivity contribution in [3.05, 3.63) is 42.0 Å². The predicted octanol–water partition coefficient (Wildman–Crippen LogP) is 3.04. The summed E-state index contributed by atoms with van der Waals surface area (Å²) in [6.45, 7) is 7.57.